The number of hydrogen-bond donors (Lipinski definition) is 2. The van der Waals surface area contributed by atoms with Gasteiger partial charge in [0.05, 0.1) is 14.2 Å². The first kappa shape index (κ1) is 18.9. The molecule has 0 saturated heterocycles. The third kappa shape index (κ3) is 3.78. The van der Waals surface area contributed by atoms with Crippen molar-refractivity contribution >= 4 is 24.0 Å². The van der Waals surface area contributed by atoms with E-state index < -0.39 is 0 Å². The predicted molar refractivity (Wildman–Crippen MR) is 97.0 cm³/mol. The zero-order chi connectivity index (χ0) is 16.4. The number of nitrogens with one attached hydrogen (secondary N) is 1. The maximum atomic E-state index is 12.6. The number of amides is 1. The van der Waals surface area contributed by atoms with Gasteiger partial charge in [-0.25, -0.2) is 0 Å². The zero-order valence-corrected chi connectivity index (χ0v) is 15.1. The van der Waals surface area contributed by atoms with Crippen LogP contribution in [0.3, 0.4) is 0 Å². The number of halogens is 1. The zero-order valence-electron chi connectivity index (χ0n) is 14.3. The molecule has 2 aliphatic rings. The van der Waals surface area contributed by atoms with Crippen LogP contribution in [0.2, 0.25) is 0 Å². The van der Waals surface area contributed by atoms with E-state index in [4.69, 9.17) is 15.2 Å². The lowest BCUT2D eigenvalue weighted by Crippen LogP contribution is -2.48. The van der Waals surface area contributed by atoms with E-state index in [-0.39, 0.29) is 30.3 Å². The molecule has 0 heterocycles. The first-order valence-electron chi connectivity index (χ1n) is 8.41. The van der Waals surface area contributed by atoms with Crippen molar-refractivity contribution < 1.29 is 14.3 Å². The Morgan fingerprint density at radius 3 is 2.33 bits per heavy atom. The van der Waals surface area contributed by atoms with Gasteiger partial charge in [-0.3, -0.25) is 4.79 Å². The molecule has 0 aromatic heterocycles. The van der Waals surface area contributed by atoms with Gasteiger partial charge in [0.15, 0.2) is 11.5 Å². The molecule has 1 aromatic carbocycles. The lowest BCUT2D eigenvalue weighted by atomic mass is 9.65. The van der Waals surface area contributed by atoms with E-state index in [0.717, 1.165) is 31.4 Å². The van der Waals surface area contributed by atoms with Crippen molar-refractivity contribution in [1.29, 1.82) is 0 Å². The molecule has 0 spiro atoms. The molecule has 2 fully saturated rings. The summed E-state index contributed by atoms with van der Waals surface area (Å²) in [5, 5.41) is 3.03. The van der Waals surface area contributed by atoms with E-state index in [1.54, 1.807) is 26.4 Å². The minimum absolute atomic E-state index is 0. The van der Waals surface area contributed by atoms with Crippen molar-refractivity contribution in [2.75, 3.05) is 19.5 Å². The molecule has 2 bridgehead atoms. The van der Waals surface area contributed by atoms with Gasteiger partial charge in [-0.15, -0.1) is 12.4 Å². The Balaban J connectivity index is 0.00000208. The quantitative estimate of drug-likeness (QED) is 0.870. The van der Waals surface area contributed by atoms with Crippen LogP contribution in [0.5, 0.6) is 11.5 Å². The number of benzene rings is 1. The molecule has 6 heteroatoms. The second-order valence-electron chi connectivity index (χ2n) is 6.76. The molecule has 2 unspecified atom stereocenters. The Kier molecular flexibility index (Phi) is 6.35. The van der Waals surface area contributed by atoms with Crippen LogP contribution in [-0.4, -0.2) is 26.2 Å². The molecular weight excluding hydrogens is 328 g/mol. The van der Waals surface area contributed by atoms with E-state index in [1.165, 1.54) is 6.42 Å². The molecule has 3 N–H and O–H groups in total. The highest BCUT2D eigenvalue weighted by atomic mass is 35.5. The number of rotatable bonds is 4. The van der Waals surface area contributed by atoms with Crippen LogP contribution in [0.25, 0.3) is 0 Å². The average molecular weight is 355 g/mol. The van der Waals surface area contributed by atoms with Gasteiger partial charge in [-0.2, -0.15) is 0 Å². The minimum Gasteiger partial charge on any atom is -0.493 e. The summed E-state index contributed by atoms with van der Waals surface area (Å²) in [4.78, 5) is 12.6. The van der Waals surface area contributed by atoms with Crippen LogP contribution in [0.4, 0.5) is 5.69 Å². The van der Waals surface area contributed by atoms with Gasteiger partial charge in [-0.1, -0.05) is 6.42 Å². The number of nitrogens with two attached hydrogens (primary N) is 1. The lowest BCUT2D eigenvalue weighted by molar-refractivity contribution is -0.122. The summed E-state index contributed by atoms with van der Waals surface area (Å²) in [6.07, 6.45) is 5.41. The number of methoxy groups -OCH3 is 2. The van der Waals surface area contributed by atoms with Crippen LogP contribution in [0, 0.1) is 17.8 Å². The summed E-state index contributed by atoms with van der Waals surface area (Å²) >= 11 is 0. The third-order valence-corrected chi connectivity index (χ3v) is 5.43. The number of carbonyl (C=O) groups is 1. The van der Waals surface area contributed by atoms with E-state index >= 15 is 0 Å². The van der Waals surface area contributed by atoms with Gasteiger partial charge in [0.25, 0.3) is 0 Å². The second-order valence-corrected chi connectivity index (χ2v) is 6.76. The van der Waals surface area contributed by atoms with Crippen LogP contribution < -0.4 is 20.5 Å². The van der Waals surface area contributed by atoms with Gasteiger partial charge in [-0.05, 0) is 49.7 Å². The summed E-state index contributed by atoms with van der Waals surface area (Å²) in [5.74, 6) is 2.45. The molecule has 0 radical (unpaired) electrons. The van der Waals surface area contributed by atoms with Crippen molar-refractivity contribution in [1.82, 2.24) is 0 Å². The maximum Gasteiger partial charge on any atom is 0.227 e. The standard InChI is InChI=1S/C18H26N2O3.ClH/c1-22-15-7-6-14(10-16(15)23-2)20-18(21)13-8-11-4-3-5-12(9-13)17(11)19;/h6-7,10-13,17H,3-5,8-9,19H2,1-2H3,(H,20,21);1H. The van der Waals surface area contributed by atoms with Crippen molar-refractivity contribution in [2.45, 2.75) is 38.1 Å². The van der Waals surface area contributed by atoms with Crippen molar-refractivity contribution in [3.05, 3.63) is 18.2 Å². The maximum absolute atomic E-state index is 12.6. The number of fused-ring (bicyclic) bond motifs is 2. The first-order valence-corrected chi connectivity index (χ1v) is 8.41. The molecule has 2 aliphatic carbocycles. The molecular formula is C18H27ClN2O3. The van der Waals surface area contributed by atoms with Gasteiger partial charge >= 0.3 is 0 Å². The monoisotopic (exact) mass is 354 g/mol. The molecule has 3 rings (SSSR count). The van der Waals surface area contributed by atoms with Crippen LogP contribution >= 0.6 is 12.4 Å². The lowest BCUT2D eigenvalue weighted by Gasteiger charge is -2.43. The highest BCUT2D eigenvalue weighted by Gasteiger charge is 2.40. The number of anilines is 1. The van der Waals surface area contributed by atoms with E-state index in [9.17, 15) is 4.79 Å². The Morgan fingerprint density at radius 1 is 1.12 bits per heavy atom. The second kappa shape index (κ2) is 8.08. The van der Waals surface area contributed by atoms with Crippen LogP contribution in [0.1, 0.15) is 32.1 Å². The molecule has 2 saturated carbocycles. The molecule has 1 aromatic rings. The Morgan fingerprint density at radius 2 is 1.75 bits per heavy atom. The van der Waals surface area contributed by atoms with Gasteiger partial charge in [0.1, 0.15) is 0 Å². The molecule has 1 amide bonds. The largest absolute Gasteiger partial charge is 0.493 e. The summed E-state index contributed by atoms with van der Waals surface area (Å²) in [6, 6.07) is 5.73. The Hall–Kier alpha value is -1.46. The fourth-order valence-electron chi connectivity index (χ4n) is 4.16. The number of hydrogen-bond acceptors (Lipinski definition) is 4. The van der Waals surface area contributed by atoms with Crippen molar-refractivity contribution in [3.8, 4) is 11.5 Å². The van der Waals surface area contributed by atoms with Crippen LogP contribution in [-0.2, 0) is 4.79 Å². The highest BCUT2D eigenvalue weighted by Crippen LogP contribution is 2.42. The highest BCUT2D eigenvalue weighted by molar-refractivity contribution is 5.93. The summed E-state index contributed by atoms with van der Waals surface area (Å²) < 4.78 is 10.5. The number of ether oxygens (including phenoxy) is 2. The normalized spacial score (nSPS) is 28.5. The SMILES string of the molecule is COc1ccc(NC(=O)C2CC3CCCC(C2)C3N)cc1OC.Cl. The Labute approximate surface area is 149 Å². The van der Waals surface area contributed by atoms with E-state index in [2.05, 4.69) is 5.32 Å². The summed E-state index contributed by atoms with van der Waals surface area (Å²) in [7, 11) is 3.19. The molecule has 2 atom stereocenters. The molecule has 5 nitrogen and oxygen atoms in total. The van der Waals surface area contributed by atoms with E-state index in [0.29, 0.717) is 23.3 Å². The number of carbonyl (C=O) groups excluding carboxylic acids is 1. The van der Waals surface area contributed by atoms with Gasteiger partial charge < -0.3 is 20.5 Å². The molecule has 24 heavy (non-hydrogen) atoms. The minimum atomic E-state index is 0. The Bertz CT molecular complexity index is 567. The van der Waals surface area contributed by atoms with Crippen LogP contribution in [0.15, 0.2) is 18.2 Å². The topological polar surface area (TPSA) is 73.6 Å². The summed E-state index contributed by atoms with van der Waals surface area (Å²) in [5.41, 5.74) is 7.05. The first-order chi connectivity index (χ1) is 11.1. The van der Waals surface area contributed by atoms with Gasteiger partial charge in [0, 0.05) is 23.7 Å². The van der Waals surface area contributed by atoms with E-state index in [1.807, 2.05) is 6.07 Å². The fourth-order valence-corrected chi connectivity index (χ4v) is 4.16. The smallest absolute Gasteiger partial charge is 0.227 e. The van der Waals surface area contributed by atoms with Crippen molar-refractivity contribution in [3.63, 3.8) is 0 Å². The molecule has 134 valence electrons. The van der Waals surface area contributed by atoms with Crippen molar-refractivity contribution in [2.24, 2.45) is 23.5 Å². The molecule has 0 aliphatic heterocycles. The summed E-state index contributed by atoms with van der Waals surface area (Å²) in [6.45, 7) is 0. The average Bonchev–Trinajstić information content (AvgIpc) is 2.54. The predicted octanol–water partition coefficient (Wildman–Crippen LogP) is 3.22. The third-order valence-electron chi connectivity index (χ3n) is 5.43. The van der Waals surface area contributed by atoms with Gasteiger partial charge in [0.2, 0.25) is 5.91 Å². The fraction of sp³-hybridized carbons (Fsp3) is 0.611.